The molecule has 8 atom stereocenters. The predicted molar refractivity (Wildman–Crippen MR) is 143 cm³/mol. The molecule has 18 heteroatoms. The molecule has 0 saturated carbocycles. The summed E-state index contributed by atoms with van der Waals surface area (Å²) < 4.78 is 0. The van der Waals surface area contributed by atoms with E-state index in [0.29, 0.717) is 0 Å². The van der Waals surface area contributed by atoms with Gasteiger partial charge in [-0.05, 0) is 33.1 Å². The van der Waals surface area contributed by atoms with Crippen LogP contribution in [0.15, 0.2) is 0 Å². The Bertz CT molecular complexity index is 987. The minimum Gasteiger partial charge on any atom is -0.481 e. The molecule has 0 fully saturated rings. The number of carbonyl (C=O) groups excluding carboxylic acids is 5. The molecule has 240 valence electrons. The molecule has 0 aromatic carbocycles. The van der Waals surface area contributed by atoms with E-state index in [0.717, 1.165) is 20.8 Å². The van der Waals surface area contributed by atoms with Crippen LogP contribution in [0.1, 0.15) is 47.5 Å². The lowest BCUT2D eigenvalue weighted by atomic mass is 10.0. The van der Waals surface area contributed by atoms with Gasteiger partial charge in [0.05, 0.1) is 37.3 Å². The quantitative estimate of drug-likeness (QED) is 0.0698. The van der Waals surface area contributed by atoms with Gasteiger partial charge in [0.1, 0.15) is 24.2 Å². The molecule has 0 rings (SSSR count). The largest absolute Gasteiger partial charge is 0.481 e. The SMILES string of the molecule is CC(C)C[C@H](NC(=O)[C@@H](NC(=O)[C@@H](NC(=O)CNC(=O)[C@@H](NC(=O)[C@@H](N)CC(=O)O)[C@@H](C)O)[C@@H](C)O)[C@@H](C)O)C(=O)O. The van der Waals surface area contributed by atoms with Crippen molar-refractivity contribution in [3.63, 3.8) is 0 Å². The lowest BCUT2D eigenvalue weighted by Crippen LogP contribution is -2.61. The van der Waals surface area contributed by atoms with Crippen molar-refractivity contribution in [2.45, 2.75) is 96.0 Å². The van der Waals surface area contributed by atoms with Gasteiger partial charge in [0, 0.05) is 0 Å². The fourth-order valence-corrected chi connectivity index (χ4v) is 3.46. The zero-order valence-electron chi connectivity index (χ0n) is 24.0. The fraction of sp³-hybridized carbons (Fsp3) is 0.708. The molecule has 0 spiro atoms. The number of nitrogens with two attached hydrogens (primary N) is 1. The van der Waals surface area contributed by atoms with Crippen LogP contribution in [-0.4, -0.2) is 122 Å². The number of nitrogens with one attached hydrogen (secondary N) is 5. The minimum atomic E-state index is -1.70. The molecule has 18 nitrogen and oxygen atoms in total. The third kappa shape index (κ3) is 13.7. The van der Waals surface area contributed by atoms with Crippen LogP contribution in [0.4, 0.5) is 0 Å². The number of carboxylic acids is 2. The maximum atomic E-state index is 12.8. The average molecular weight is 607 g/mol. The zero-order chi connectivity index (χ0) is 32.9. The highest BCUT2D eigenvalue weighted by molar-refractivity contribution is 5.96. The summed E-state index contributed by atoms with van der Waals surface area (Å²) in [4.78, 5) is 84.6. The molecular formula is C24H42N6O12. The number of aliphatic hydroxyl groups excluding tert-OH is 3. The monoisotopic (exact) mass is 606 g/mol. The van der Waals surface area contributed by atoms with Gasteiger partial charge in [0.15, 0.2) is 0 Å². The average Bonchev–Trinajstić information content (AvgIpc) is 2.85. The summed E-state index contributed by atoms with van der Waals surface area (Å²) in [7, 11) is 0. The topological polar surface area (TPSA) is 307 Å². The molecule has 5 amide bonds. The number of hydrogen-bond donors (Lipinski definition) is 11. The smallest absolute Gasteiger partial charge is 0.326 e. The van der Waals surface area contributed by atoms with E-state index in [4.69, 9.17) is 10.8 Å². The van der Waals surface area contributed by atoms with Gasteiger partial charge < -0.3 is 57.9 Å². The Balaban J connectivity index is 5.37. The number of amides is 5. The van der Waals surface area contributed by atoms with E-state index in [-0.39, 0.29) is 12.3 Å². The number of hydrogen-bond acceptors (Lipinski definition) is 11. The Morgan fingerprint density at radius 1 is 0.643 bits per heavy atom. The summed E-state index contributed by atoms with van der Waals surface area (Å²) in [5.41, 5.74) is 5.43. The molecule has 0 aliphatic carbocycles. The highest BCUT2D eigenvalue weighted by Crippen LogP contribution is 2.07. The van der Waals surface area contributed by atoms with E-state index in [1.807, 2.05) is 0 Å². The number of carbonyl (C=O) groups is 7. The lowest BCUT2D eigenvalue weighted by Gasteiger charge is -2.27. The van der Waals surface area contributed by atoms with Gasteiger partial charge in [0.25, 0.3) is 0 Å². The van der Waals surface area contributed by atoms with Gasteiger partial charge in [-0.3, -0.25) is 28.8 Å². The first-order chi connectivity index (χ1) is 19.3. The fourth-order valence-electron chi connectivity index (χ4n) is 3.46. The van der Waals surface area contributed by atoms with E-state index in [9.17, 15) is 54.0 Å². The Labute approximate surface area is 241 Å². The maximum Gasteiger partial charge on any atom is 0.326 e. The first-order valence-electron chi connectivity index (χ1n) is 13.0. The molecule has 0 bridgehead atoms. The third-order valence-corrected chi connectivity index (χ3v) is 5.68. The maximum absolute atomic E-state index is 12.8. The second-order valence-electron chi connectivity index (χ2n) is 10.2. The summed E-state index contributed by atoms with van der Waals surface area (Å²) in [5.74, 6) is -8.10. The van der Waals surface area contributed by atoms with Crippen LogP contribution >= 0.6 is 0 Å². The standard InChI is InChI=1S/C24H42N6O12/c1-9(2)6-14(24(41)42)27-22(39)19(12(5)33)30-23(40)18(11(4)32)28-15(34)8-26-21(38)17(10(3)31)29-20(37)13(25)7-16(35)36/h9-14,17-19,31-33H,6-8,25H2,1-5H3,(H,26,38)(H,27,39)(H,28,34)(H,29,37)(H,30,40)(H,35,36)(H,41,42)/t10-,11-,12-,13+,14+,17+,18+,19+/m1/s1. The number of aliphatic hydroxyl groups is 3. The summed E-state index contributed by atoms with van der Waals surface area (Å²) in [5, 5.41) is 58.7. The second-order valence-corrected chi connectivity index (χ2v) is 10.2. The number of carboxylic acid groups (broad SMARTS) is 2. The summed E-state index contributed by atoms with van der Waals surface area (Å²) >= 11 is 0. The van der Waals surface area contributed by atoms with E-state index >= 15 is 0 Å². The van der Waals surface area contributed by atoms with E-state index < -0.39 is 103 Å². The molecule has 0 aliphatic heterocycles. The van der Waals surface area contributed by atoms with Crippen LogP contribution in [-0.2, 0) is 33.6 Å². The van der Waals surface area contributed by atoms with Crippen LogP contribution < -0.4 is 32.3 Å². The van der Waals surface area contributed by atoms with Crippen LogP contribution in [0.2, 0.25) is 0 Å². The molecule has 12 N–H and O–H groups in total. The van der Waals surface area contributed by atoms with Gasteiger partial charge >= 0.3 is 11.9 Å². The van der Waals surface area contributed by atoms with Gasteiger partial charge in [-0.15, -0.1) is 0 Å². The third-order valence-electron chi connectivity index (χ3n) is 5.68. The van der Waals surface area contributed by atoms with Gasteiger partial charge in [-0.25, -0.2) is 4.79 Å². The predicted octanol–water partition coefficient (Wildman–Crippen LogP) is -4.88. The van der Waals surface area contributed by atoms with E-state index in [1.54, 1.807) is 13.8 Å². The Morgan fingerprint density at radius 2 is 1.07 bits per heavy atom. The van der Waals surface area contributed by atoms with Crippen molar-refractivity contribution in [2.75, 3.05) is 6.54 Å². The van der Waals surface area contributed by atoms with Gasteiger partial charge in [-0.1, -0.05) is 13.8 Å². The first kappa shape index (κ1) is 38.1. The molecule has 0 heterocycles. The summed E-state index contributed by atoms with van der Waals surface area (Å²) in [6.45, 7) is 6.06. The molecule has 0 radical (unpaired) electrons. The van der Waals surface area contributed by atoms with Gasteiger partial charge in [-0.2, -0.15) is 0 Å². The highest BCUT2D eigenvalue weighted by Gasteiger charge is 2.34. The summed E-state index contributed by atoms with van der Waals surface area (Å²) in [6.07, 6.45) is -5.23. The Morgan fingerprint density at radius 3 is 1.50 bits per heavy atom. The van der Waals surface area contributed by atoms with Crippen molar-refractivity contribution in [1.29, 1.82) is 0 Å². The van der Waals surface area contributed by atoms with Gasteiger partial charge in [0.2, 0.25) is 29.5 Å². The normalized spacial score (nSPS) is 16.8. The summed E-state index contributed by atoms with van der Waals surface area (Å²) in [6, 6.07) is -7.82. The van der Waals surface area contributed by atoms with E-state index in [2.05, 4.69) is 26.6 Å². The Hall–Kier alpha value is -3.87. The Kier molecular flexibility index (Phi) is 16.2. The van der Waals surface area contributed by atoms with Crippen molar-refractivity contribution < 1.29 is 59.1 Å². The van der Waals surface area contributed by atoms with Crippen LogP contribution in [0.3, 0.4) is 0 Å². The van der Waals surface area contributed by atoms with E-state index in [1.165, 1.54) is 0 Å². The van der Waals surface area contributed by atoms with Crippen LogP contribution in [0, 0.1) is 5.92 Å². The van der Waals surface area contributed by atoms with Crippen molar-refractivity contribution in [3.05, 3.63) is 0 Å². The number of aliphatic carboxylic acids is 2. The minimum absolute atomic E-state index is 0.0638. The molecule has 42 heavy (non-hydrogen) atoms. The molecule has 0 aliphatic rings. The van der Waals surface area contributed by atoms with Crippen molar-refractivity contribution in [1.82, 2.24) is 26.6 Å². The van der Waals surface area contributed by atoms with Crippen LogP contribution in [0.25, 0.3) is 0 Å². The molecular weight excluding hydrogens is 564 g/mol. The first-order valence-corrected chi connectivity index (χ1v) is 13.0. The highest BCUT2D eigenvalue weighted by atomic mass is 16.4. The molecule has 0 unspecified atom stereocenters. The van der Waals surface area contributed by atoms with Crippen molar-refractivity contribution in [2.24, 2.45) is 11.7 Å². The van der Waals surface area contributed by atoms with Crippen LogP contribution in [0.5, 0.6) is 0 Å². The number of rotatable bonds is 18. The molecule has 0 saturated heterocycles. The van der Waals surface area contributed by atoms with Crippen molar-refractivity contribution >= 4 is 41.5 Å². The lowest BCUT2D eigenvalue weighted by molar-refractivity contribution is -0.143. The zero-order valence-corrected chi connectivity index (χ0v) is 24.0. The second kappa shape index (κ2) is 17.8. The molecule has 0 aromatic heterocycles. The molecule has 0 aromatic rings. The van der Waals surface area contributed by atoms with Crippen molar-refractivity contribution in [3.8, 4) is 0 Å².